The van der Waals surface area contributed by atoms with Crippen LogP contribution in [0.25, 0.3) is 0 Å². The van der Waals surface area contributed by atoms with Gasteiger partial charge < -0.3 is 10.6 Å². The number of benzene rings is 2. The average molecular weight is 383 g/mol. The molecule has 24 heavy (non-hydrogen) atoms. The number of nitrogens with one attached hydrogen (secondary N) is 2. The summed E-state index contributed by atoms with van der Waals surface area (Å²) >= 11 is 7.64. The number of rotatable bonds is 6. The Hall–Kier alpha value is -1.20. The van der Waals surface area contributed by atoms with Gasteiger partial charge >= 0.3 is 0 Å². The monoisotopic (exact) mass is 382 g/mol. The molecule has 1 fully saturated rings. The number of amides is 1. The molecule has 0 unspecified atom stereocenters. The van der Waals surface area contributed by atoms with Crippen LogP contribution in [0, 0.1) is 5.92 Å². The van der Waals surface area contributed by atoms with Crippen LogP contribution in [0.4, 0.5) is 0 Å². The van der Waals surface area contributed by atoms with E-state index >= 15 is 0 Å². The van der Waals surface area contributed by atoms with Crippen molar-refractivity contribution < 1.29 is 4.79 Å². The van der Waals surface area contributed by atoms with Crippen molar-refractivity contribution in [2.75, 3.05) is 19.6 Å². The summed E-state index contributed by atoms with van der Waals surface area (Å²) in [5.41, 5.74) is 1.92. The number of hydrogen-bond acceptors (Lipinski definition) is 3. The molecule has 1 aliphatic rings. The van der Waals surface area contributed by atoms with Crippen LogP contribution in [0.5, 0.6) is 0 Å². The second-order valence-corrected chi connectivity index (χ2v) is 7.16. The Morgan fingerprint density at radius 1 is 1.12 bits per heavy atom. The predicted molar refractivity (Wildman–Crippen MR) is 103 cm³/mol. The van der Waals surface area contributed by atoms with Gasteiger partial charge in [0.2, 0.25) is 0 Å². The van der Waals surface area contributed by atoms with Crippen molar-refractivity contribution in [1.29, 1.82) is 0 Å². The van der Waals surface area contributed by atoms with Crippen LogP contribution in [-0.4, -0.2) is 25.5 Å². The third-order valence-electron chi connectivity index (χ3n) is 3.85. The third-order valence-corrected chi connectivity index (χ3v) is 5.19. The van der Waals surface area contributed by atoms with Gasteiger partial charge in [0.05, 0.1) is 0 Å². The van der Waals surface area contributed by atoms with E-state index in [1.54, 1.807) is 11.8 Å². The van der Waals surface area contributed by atoms with Crippen molar-refractivity contribution in [3.05, 3.63) is 64.7 Å². The van der Waals surface area contributed by atoms with Gasteiger partial charge in [-0.3, -0.25) is 4.79 Å². The van der Waals surface area contributed by atoms with Crippen LogP contribution < -0.4 is 10.6 Å². The first-order valence-corrected chi connectivity index (χ1v) is 9.03. The first-order valence-electron chi connectivity index (χ1n) is 7.67. The number of carbonyl (C=O) groups is 1. The summed E-state index contributed by atoms with van der Waals surface area (Å²) in [7, 11) is 0. The summed E-state index contributed by atoms with van der Waals surface area (Å²) in [5, 5.41) is 6.94. The Kier molecular flexibility index (Phi) is 7.43. The lowest BCUT2D eigenvalue weighted by Gasteiger charge is -2.27. The van der Waals surface area contributed by atoms with Crippen LogP contribution in [0.2, 0.25) is 5.02 Å². The lowest BCUT2D eigenvalue weighted by atomic mass is 10.0. The van der Waals surface area contributed by atoms with E-state index in [-0.39, 0.29) is 18.3 Å². The topological polar surface area (TPSA) is 41.1 Å². The van der Waals surface area contributed by atoms with Crippen LogP contribution in [0.15, 0.2) is 53.4 Å². The molecule has 3 nitrogen and oxygen atoms in total. The first-order chi connectivity index (χ1) is 11.2. The fraction of sp³-hybridized carbons (Fsp3) is 0.278. The second kappa shape index (κ2) is 9.33. The molecule has 0 aromatic heterocycles. The molecule has 2 N–H and O–H groups in total. The Morgan fingerprint density at radius 2 is 1.79 bits per heavy atom. The Labute approximate surface area is 158 Å². The van der Waals surface area contributed by atoms with E-state index in [2.05, 4.69) is 10.6 Å². The van der Waals surface area contributed by atoms with Gasteiger partial charge in [-0.15, -0.1) is 24.2 Å². The molecule has 0 atom stereocenters. The highest BCUT2D eigenvalue weighted by molar-refractivity contribution is 7.98. The lowest BCUT2D eigenvalue weighted by molar-refractivity contribution is 0.0942. The summed E-state index contributed by atoms with van der Waals surface area (Å²) in [4.78, 5) is 13.2. The van der Waals surface area contributed by atoms with Crippen molar-refractivity contribution in [3.8, 4) is 0 Å². The number of thioether (sulfide) groups is 1. The van der Waals surface area contributed by atoms with E-state index < -0.39 is 0 Å². The van der Waals surface area contributed by atoms with Gasteiger partial charge in [-0.05, 0) is 42.0 Å². The largest absolute Gasteiger partial charge is 0.352 e. The first kappa shape index (κ1) is 19.1. The van der Waals surface area contributed by atoms with Crippen LogP contribution in [0.3, 0.4) is 0 Å². The molecule has 3 rings (SSSR count). The maximum Gasteiger partial charge on any atom is 0.251 e. The zero-order valence-corrected chi connectivity index (χ0v) is 15.5. The fourth-order valence-electron chi connectivity index (χ4n) is 2.28. The molecule has 1 saturated heterocycles. The van der Waals surface area contributed by atoms with E-state index in [0.717, 1.165) is 36.0 Å². The number of carbonyl (C=O) groups excluding carboxylic acids is 1. The van der Waals surface area contributed by atoms with Crippen LogP contribution in [0.1, 0.15) is 15.9 Å². The molecule has 128 valence electrons. The van der Waals surface area contributed by atoms with Gasteiger partial charge in [0.15, 0.2) is 0 Å². The van der Waals surface area contributed by atoms with E-state index in [1.165, 1.54) is 10.5 Å². The highest BCUT2D eigenvalue weighted by Crippen LogP contribution is 2.24. The molecule has 0 saturated carbocycles. The summed E-state index contributed by atoms with van der Waals surface area (Å²) in [5.74, 6) is 1.46. The van der Waals surface area contributed by atoms with Crippen molar-refractivity contribution in [2.24, 2.45) is 5.92 Å². The predicted octanol–water partition coefficient (Wildman–Crippen LogP) is 4.00. The quantitative estimate of drug-likeness (QED) is 0.741. The molecule has 1 heterocycles. The van der Waals surface area contributed by atoms with E-state index in [4.69, 9.17) is 11.6 Å². The molecule has 1 aliphatic heterocycles. The summed E-state index contributed by atoms with van der Waals surface area (Å²) in [6.07, 6.45) is 0. The minimum Gasteiger partial charge on any atom is -0.352 e. The molecule has 0 radical (unpaired) electrons. The Bertz CT molecular complexity index is 658. The molecular formula is C18H20Cl2N2OS. The smallest absolute Gasteiger partial charge is 0.251 e. The number of hydrogen-bond donors (Lipinski definition) is 2. The highest BCUT2D eigenvalue weighted by Gasteiger charge is 2.17. The summed E-state index contributed by atoms with van der Waals surface area (Å²) in [6, 6.07) is 15.7. The van der Waals surface area contributed by atoms with Crippen molar-refractivity contribution in [3.63, 3.8) is 0 Å². The molecule has 2 aromatic carbocycles. The van der Waals surface area contributed by atoms with Gasteiger partial charge in [-0.2, -0.15) is 0 Å². The summed E-state index contributed by atoms with van der Waals surface area (Å²) in [6.45, 7) is 2.75. The fourth-order valence-corrected chi connectivity index (χ4v) is 3.26. The Morgan fingerprint density at radius 3 is 2.38 bits per heavy atom. The van der Waals surface area contributed by atoms with Gasteiger partial charge in [-0.25, -0.2) is 0 Å². The minimum atomic E-state index is 0. The highest BCUT2D eigenvalue weighted by atomic mass is 35.5. The standard InChI is InChI=1S/C18H19ClN2OS.ClH/c19-16-5-7-17(8-6-16)23-12-13-1-3-15(4-2-13)18(22)21-11-14-9-20-10-14;/h1-8,14,20H,9-12H2,(H,21,22);1H. The number of halogens is 2. The molecule has 2 aromatic rings. The SMILES string of the molecule is Cl.O=C(NCC1CNC1)c1ccc(CSc2ccc(Cl)cc2)cc1. The molecule has 0 bridgehead atoms. The van der Waals surface area contributed by atoms with E-state index in [0.29, 0.717) is 5.92 Å². The molecular weight excluding hydrogens is 363 g/mol. The minimum absolute atomic E-state index is 0. The molecule has 0 spiro atoms. The zero-order valence-electron chi connectivity index (χ0n) is 13.1. The maximum absolute atomic E-state index is 12.1. The van der Waals surface area contributed by atoms with Gasteiger partial charge in [-0.1, -0.05) is 23.7 Å². The molecule has 0 aliphatic carbocycles. The average Bonchev–Trinajstić information content (AvgIpc) is 2.53. The van der Waals surface area contributed by atoms with Crippen molar-refractivity contribution >= 4 is 41.7 Å². The van der Waals surface area contributed by atoms with Crippen LogP contribution >= 0.6 is 35.8 Å². The van der Waals surface area contributed by atoms with E-state index in [1.807, 2.05) is 48.5 Å². The van der Waals surface area contributed by atoms with E-state index in [9.17, 15) is 4.79 Å². The van der Waals surface area contributed by atoms with Crippen LogP contribution in [-0.2, 0) is 5.75 Å². The van der Waals surface area contributed by atoms with Gasteiger partial charge in [0.25, 0.3) is 5.91 Å². The van der Waals surface area contributed by atoms with Gasteiger partial charge in [0, 0.05) is 46.8 Å². The summed E-state index contributed by atoms with van der Waals surface area (Å²) < 4.78 is 0. The van der Waals surface area contributed by atoms with Crippen molar-refractivity contribution in [2.45, 2.75) is 10.6 Å². The third kappa shape index (κ3) is 5.42. The Balaban J connectivity index is 0.00000208. The lowest BCUT2D eigenvalue weighted by Crippen LogP contribution is -2.48. The maximum atomic E-state index is 12.1. The van der Waals surface area contributed by atoms with Gasteiger partial charge in [0.1, 0.15) is 0 Å². The zero-order chi connectivity index (χ0) is 16.1. The molecule has 1 amide bonds. The normalized spacial score (nSPS) is 13.7. The molecule has 6 heteroatoms. The van der Waals surface area contributed by atoms with Crippen molar-refractivity contribution in [1.82, 2.24) is 10.6 Å². The second-order valence-electron chi connectivity index (χ2n) is 5.67.